The quantitative estimate of drug-likeness (QED) is 0.906. The number of benzene rings is 1. The van der Waals surface area contributed by atoms with Gasteiger partial charge in [-0.1, -0.05) is 12.1 Å². The lowest BCUT2D eigenvalue weighted by Crippen LogP contribution is -2.37. The van der Waals surface area contributed by atoms with Crippen LogP contribution in [0.2, 0.25) is 0 Å². The average Bonchev–Trinajstić information content (AvgIpc) is 3.22. The van der Waals surface area contributed by atoms with Gasteiger partial charge in [0.25, 0.3) is 0 Å². The molecule has 1 atom stereocenters. The smallest absolute Gasteiger partial charge is 0.223 e. The molecule has 2 aliphatic rings. The van der Waals surface area contributed by atoms with Gasteiger partial charge in [0.1, 0.15) is 0 Å². The zero-order chi connectivity index (χ0) is 15.7. The number of nitrogens with one attached hydrogen (secondary N) is 1. The molecule has 0 bridgehead atoms. The lowest BCUT2D eigenvalue weighted by atomic mass is 10.1. The van der Waals surface area contributed by atoms with Gasteiger partial charge in [0.05, 0.1) is 0 Å². The fraction of sp³-hybridized carbons (Fsp3) is 0.500. The third-order valence-electron chi connectivity index (χ3n) is 4.19. The molecule has 0 unspecified atom stereocenters. The maximum absolute atomic E-state index is 13.8. The summed E-state index contributed by atoms with van der Waals surface area (Å²) in [6.45, 7) is 0.00377. The predicted octanol–water partition coefficient (Wildman–Crippen LogP) is 2.12. The number of carbonyl (C=O) groups excluding carboxylic acids is 2. The van der Waals surface area contributed by atoms with E-state index in [2.05, 4.69) is 5.32 Å². The molecule has 22 heavy (non-hydrogen) atoms. The normalized spacial score (nSPS) is 21.3. The van der Waals surface area contributed by atoms with Crippen LogP contribution in [-0.2, 0) is 16.1 Å². The van der Waals surface area contributed by atoms with Crippen LogP contribution in [0.25, 0.3) is 0 Å². The van der Waals surface area contributed by atoms with E-state index in [-0.39, 0.29) is 42.4 Å². The van der Waals surface area contributed by atoms with Crippen molar-refractivity contribution < 1.29 is 18.4 Å². The molecule has 4 nitrogen and oxygen atoms in total. The van der Waals surface area contributed by atoms with Gasteiger partial charge in [-0.25, -0.2) is 8.78 Å². The third kappa shape index (κ3) is 3.26. The topological polar surface area (TPSA) is 49.4 Å². The highest BCUT2D eigenvalue weighted by Crippen LogP contribution is 2.26. The second-order valence-corrected chi connectivity index (χ2v) is 5.97. The van der Waals surface area contributed by atoms with E-state index in [1.54, 1.807) is 0 Å². The van der Waals surface area contributed by atoms with Crippen LogP contribution in [0.3, 0.4) is 0 Å². The largest absolute Gasteiger partial charge is 0.353 e. The number of nitrogens with zero attached hydrogens (tertiary/aromatic N) is 1. The van der Waals surface area contributed by atoms with E-state index >= 15 is 0 Å². The van der Waals surface area contributed by atoms with E-state index in [0.29, 0.717) is 12.8 Å². The van der Waals surface area contributed by atoms with Crippen molar-refractivity contribution in [3.63, 3.8) is 0 Å². The van der Waals surface area contributed by atoms with Gasteiger partial charge >= 0.3 is 0 Å². The molecule has 1 heterocycles. The average molecular weight is 308 g/mol. The second kappa shape index (κ2) is 6.02. The van der Waals surface area contributed by atoms with Crippen molar-refractivity contribution in [1.82, 2.24) is 10.2 Å². The number of hydrogen-bond donors (Lipinski definition) is 1. The van der Waals surface area contributed by atoms with Crippen molar-refractivity contribution in [1.29, 1.82) is 0 Å². The minimum atomic E-state index is -0.927. The highest BCUT2D eigenvalue weighted by Gasteiger charge is 2.34. The number of amides is 2. The number of rotatable bonds is 5. The van der Waals surface area contributed by atoms with E-state index in [0.717, 1.165) is 18.9 Å². The van der Waals surface area contributed by atoms with Crippen LogP contribution in [0.1, 0.15) is 37.7 Å². The standard InChI is InChI=1S/C16H18F2N2O2/c17-13-3-1-2-10(16(13)18)9-20-12(6-7-15(20)22)8-14(21)19-11-4-5-11/h1-3,11-12H,4-9H2,(H,19,21)/t12-/m0/s1. The molecule has 1 saturated heterocycles. The monoisotopic (exact) mass is 308 g/mol. The SMILES string of the molecule is O=C(C[C@@H]1CCC(=O)N1Cc1cccc(F)c1F)NC1CC1. The first kappa shape index (κ1) is 14.9. The van der Waals surface area contributed by atoms with Gasteiger partial charge in [-0.2, -0.15) is 0 Å². The van der Waals surface area contributed by atoms with Gasteiger partial charge in [-0.15, -0.1) is 0 Å². The minimum absolute atomic E-state index is 0.00377. The lowest BCUT2D eigenvalue weighted by molar-refractivity contribution is -0.130. The molecule has 2 amide bonds. The van der Waals surface area contributed by atoms with Crippen LogP contribution < -0.4 is 5.32 Å². The molecule has 2 fully saturated rings. The summed E-state index contributed by atoms with van der Waals surface area (Å²) in [5.74, 6) is -2.05. The number of halogens is 2. The number of likely N-dealkylation sites (tertiary alicyclic amines) is 1. The maximum Gasteiger partial charge on any atom is 0.223 e. The minimum Gasteiger partial charge on any atom is -0.353 e. The van der Waals surface area contributed by atoms with Crippen molar-refractivity contribution in [2.24, 2.45) is 0 Å². The maximum atomic E-state index is 13.8. The molecule has 1 N–H and O–H groups in total. The van der Waals surface area contributed by atoms with Crippen LogP contribution in [0, 0.1) is 11.6 Å². The van der Waals surface area contributed by atoms with Gasteiger partial charge in [0.15, 0.2) is 11.6 Å². The Morgan fingerprint density at radius 2 is 2.05 bits per heavy atom. The van der Waals surface area contributed by atoms with Gasteiger partial charge in [-0.05, 0) is 25.3 Å². The molecular formula is C16H18F2N2O2. The van der Waals surface area contributed by atoms with E-state index in [1.165, 1.54) is 17.0 Å². The van der Waals surface area contributed by atoms with Gasteiger partial charge in [0.2, 0.25) is 11.8 Å². The molecule has 0 spiro atoms. The molecule has 1 aliphatic carbocycles. The molecule has 6 heteroatoms. The van der Waals surface area contributed by atoms with Crippen molar-refractivity contribution in [3.8, 4) is 0 Å². The first-order valence-electron chi connectivity index (χ1n) is 7.56. The first-order valence-corrected chi connectivity index (χ1v) is 7.56. The summed E-state index contributed by atoms with van der Waals surface area (Å²) in [5, 5.41) is 2.89. The lowest BCUT2D eigenvalue weighted by Gasteiger charge is -2.25. The van der Waals surface area contributed by atoms with Crippen molar-refractivity contribution >= 4 is 11.8 Å². The Hall–Kier alpha value is -1.98. The highest BCUT2D eigenvalue weighted by atomic mass is 19.2. The van der Waals surface area contributed by atoms with Gasteiger partial charge in [-0.3, -0.25) is 9.59 Å². The third-order valence-corrected chi connectivity index (χ3v) is 4.19. The summed E-state index contributed by atoms with van der Waals surface area (Å²) in [4.78, 5) is 25.4. The summed E-state index contributed by atoms with van der Waals surface area (Å²) in [7, 11) is 0. The van der Waals surface area contributed by atoms with Crippen molar-refractivity contribution in [2.45, 2.75) is 50.7 Å². The van der Waals surface area contributed by atoms with E-state index < -0.39 is 11.6 Å². The van der Waals surface area contributed by atoms with Crippen molar-refractivity contribution in [2.75, 3.05) is 0 Å². The molecule has 1 aromatic carbocycles. The fourth-order valence-electron chi connectivity index (χ4n) is 2.81. The number of carbonyl (C=O) groups is 2. The fourth-order valence-corrected chi connectivity index (χ4v) is 2.81. The van der Waals surface area contributed by atoms with Crippen LogP contribution in [0.5, 0.6) is 0 Å². The van der Waals surface area contributed by atoms with Gasteiger partial charge in [0, 0.05) is 37.0 Å². The van der Waals surface area contributed by atoms with Crippen LogP contribution in [0.15, 0.2) is 18.2 Å². The Bertz CT molecular complexity index is 602. The Balaban J connectivity index is 1.67. The first-order chi connectivity index (χ1) is 10.5. The molecule has 0 aromatic heterocycles. The zero-order valence-electron chi connectivity index (χ0n) is 12.1. The molecule has 3 rings (SSSR count). The summed E-state index contributed by atoms with van der Waals surface area (Å²) < 4.78 is 27.0. The number of hydrogen-bond acceptors (Lipinski definition) is 2. The summed E-state index contributed by atoms with van der Waals surface area (Å²) in [5.41, 5.74) is 0.142. The Labute approximate surface area is 127 Å². The molecule has 1 saturated carbocycles. The van der Waals surface area contributed by atoms with Crippen LogP contribution in [-0.4, -0.2) is 28.8 Å². The predicted molar refractivity (Wildman–Crippen MR) is 75.7 cm³/mol. The Morgan fingerprint density at radius 1 is 1.27 bits per heavy atom. The highest BCUT2D eigenvalue weighted by molar-refractivity contribution is 5.82. The zero-order valence-corrected chi connectivity index (χ0v) is 12.1. The Kier molecular flexibility index (Phi) is 4.09. The summed E-state index contributed by atoms with van der Waals surface area (Å²) in [6.07, 6.45) is 3.16. The van der Waals surface area contributed by atoms with Gasteiger partial charge < -0.3 is 10.2 Å². The molecule has 118 valence electrons. The summed E-state index contributed by atoms with van der Waals surface area (Å²) in [6, 6.07) is 3.97. The van der Waals surface area contributed by atoms with E-state index in [1.807, 2.05) is 0 Å². The van der Waals surface area contributed by atoms with Crippen LogP contribution in [0.4, 0.5) is 8.78 Å². The van der Waals surface area contributed by atoms with Crippen LogP contribution >= 0.6 is 0 Å². The van der Waals surface area contributed by atoms with E-state index in [4.69, 9.17) is 0 Å². The van der Waals surface area contributed by atoms with Crippen molar-refractivity contribution in [3.05, 3.63) is 35.4 Å². The summed E-state index contributed by atoms with van der Waals surface area (Å²) >= 11 is 0. The van der Waals surface area contributed by atoms with E-state index in [9.17, 15) is 18.4 Å². The molecule has 1 aliphatic heterocycles. The Morgan fingerprint density at radius 3 is 2.77 bits per heavy atom. The molecular weight excluding hydrogens is 290 g/mol. The second-order valence-electron chi connectivity index (χ2n) is 5.97. The molecule has 0 radical (unpaired) electrons. The molecule has 1 aromatic rings.